The molecule has 1 aromatic carbocycles. The summed E-state index contributed by atoms with van der Waals surface area (Å²) in [5, 5.41) is 3.61. The van der Waals surface area contributed by atoms with Gasteiger partial charge in [-0.05, 0) is 36.8 Å². The van der Waals surface area contributed by atoms with Crippen molar-refractivity contribution in [1.82, 2.24) is 4.57 Å². The summed E-state index contributed by atoms with van der Waals surface area (Å²) in [5.41, 5.74) is 2.39. The fraction of sp³-hybridized carbons (Fsp3) is 0.286. The van der Waals surface area contributed by atoms with Gasteiger partial charge in [0.05, 0.1) is 17.0 Å². The van der Waals surface area contributed by atoms with Crippen molar-refractivity contribution >= 4 is 33.0 Å². The normalized spacial score (nSPS) is 11.4. The van der Waals surface area contributed by atoms with Crippen molar-refractivity contribution in [2.45, 2.75) is 20.0 Å². The maximum atomic E-state index is 11.2. The minimum Gasteiger partial charge on any atom is -0.381 e. The summed E-state index contributed by atoms with van der Waals surface area (Å²) in [6.45, 7) is 3.71. The molecule has 0 aliphatic rings. The molecule has 2 rings (SSSR count). The smallest absolute Gasteiger partial charge is 0.229 e. The Morgan fingerprint density at radius 1 is 1.29 bits per heavy atom. The highest BCUT2D eigenvalue weighted by molar-refractivity contribution is 7.92. The fourth-order valence-corrected chi connectivity index (χ4v) is 2.76. The van der Waals surface area contributed by atoms with Crippen LogP contribution in [0.1, 0.15) is 12.5 Å². The van der Waals surface area contributed by atoms with E-state index in [-0.39, 0.29) is 0 Å². The van der Waals surface area contributed by atoms with E-state index in [1.807, 2.05) is 6.20 Å². The molecule has 0 amide bonds. The molecular weight excluding hydrogens is 310 g/mol. The van der Waals surface area contributed by atoms with Crippen LogP contribution in [0, 0.1) is 0 Å². The van der Waals surface area contributed by atoms with E-state index in [9.17, 15) is 8.42 Å². The summed E-state index contributed by atoms with van der Waals surface area (Å²) in [5.74, 6) is 0. The Labute approximate surface area is 130 Å². The van der Waals surface area contributed by atoms with Gasteiger partial charge >= 0.3 is 0 Å². The zero-order valence-electron chi connectivity index (χ0n) is 11.9. The Hall–Kier alpha value is -1.66. The van der Waals surface area contributed by atoms with Gasteiger partial charge in [-0.2, -0.15) is 0 Å². The van der Waals surface area contributed by atoms with E-state index >= 15 is 0 Å². The lowest BCUT2D eigenvalue weighted by Crippen LogP contribution is -2.10. The number of rotatable bonds is 6. The van der Waals surface area contributed by atoms with E-state index in [2.05, 4.69) is 33.8 Å². The molecule has 0 saturated heterocycles. The number of nitrogens with zero attached hydrogens (tertiary/aromatic N) is 1. The van der Waals surface area contributed by atoms with E-state index in [1.165, 1.54) is 5.56 Å². The topological polar surface area (TPSA) is 63.1 Å². The molecule has 2 N–H and O–H groups in total. The molecule has 1 aromatic heterocycles. The number of hydrogen-bond acceptors (Lipinski definition) is 3. The highest BCUT2D eigenvalue weighted by Crippen LogP contribution is 2.26. The Kier molecular flexibility index (Phi) is 4.80. The molecule has 0 aliphatic heterocycles. The first-order valence-corrected chi connectivity index (χ1v) is 8.80. The molecule has 5 nitrogen and oxygen atoms in total. The van der Waals surface area contributed by atoms with Gasteiger partial charge in [0.25, 0.3) is 0 Å². The van der Waals surface area contributed by atoms with Gasteiger partial charge in [0.2, 0.25) is 10.0 Å². The number of hydrogen-bond donors (Lipinski definition) is 2. The molecule has 0 fully saturated rings. The van der Waals surface area contributed by atoms with E-state index in [0.29, 0.717) is 17.3 Å². The first-order valence-electron chi connectivity index (χ1n) is 6.53. The Morgan fingerprint density at radius 2 is 2.05 bits per heavy atom. The monoisotopic (exact) mass is 327 g/mol. The van der Waals surface area contributed by atoms with Crippen LogP contribution in [0.5, 0.6) is 0 Å². The average Bonchev–Trinajstić information content (AvgIpc) is 2.86. The van der Waals surface area contributed by atoms with Gasteiger partial charge in [0.1, 0.15) is 0 Å². The molecule has 1 heterocycles. The molecule has 2 aromatic rings. The van der Waals surface area contributed by atoms with Crippen LogP contribution < -0.4 is 10.0 Å². The van der Waals surface area contributed by atoms with E-state index < -0.39 is 10.0 Å². The van der Waals surface area contributed by atoms with Crippen LogP contribution in [0.4, 0.5) is 11.4 Å². The van der Waals surface area contributed by atoms with Crippen molar-refractivity contribution in [3.8, 4) is 0 Å². The van der Waals surface area contributed by atoms with E-state index in [0.717, 1.165) is 18.5 Å². The Morgan fingerprint density at radius 3 is 2.62 bits per heavy atom. The SMILES string of the molecule is CCn1ccc(CNc2ccc(NS(C)(=O)=O)c(Cl)c2)c1. The molecule has 0 spiro atoms. The number of benzene rings is 1. The average molecular weight is 328 g/mol. The number of nitrogens with one attached hydrogen (secondary N) is 2. The quantitative estimate of drug-likeness (QED) is 0.856. The zero-order chi connectivity index (χ0) is 15.5. The maximum absolute atomic E-state index is 11.2. The van der Waals surface area contributed by atoms with Crippen LogP contribution in [0.25, 0.3) is 0 Å². The van der Waals surface area contributed by atoms with Crippen LogP contribution in [-0.4, -0.2) is 19.2 Å². The molecule has 114 valence electrons. The molecular formula is C14H18ClN3O2S. The van der Waals surface area contributed by atoms with Crippen molar-refractivity contribution in [3.63, 3.8) is 0 Å². The largest absolute Gasteiger partial charge is 0.381 e. The highest BCUT2D eigenvalue weighted by Gasteiger charge is 2.07. The van der Waals surface area contributed by atoms with Crippen molar-refractivity contribution in [2.24, 2.45) is 0 Å². The lowest BCUT2D eigenvalue weighted by Gasteiger charge is -2.10. The standard InChI is InChI=1S/C14H18ClN3O2S/c1-3-18-7-6-11(10-18)9-16-12-4-5-14(13(15)8-12)17-21(2,19)20/h4-8,10,16-17H,3,9H2,1-2H3. The van der Waals surface area contributed by atoms with Crippen LogP contribution in [0.2, 0.25) is 5.02 Å². The van der Waals surface area contributed by atoms with Crippen molar-refractivity contribution in [2.75, 3.05) is 16.3 Å². The molecule has 0 saturated carbocycles. The van der Waals surface area contributed by atoms with E-state index in [4.69, 9.17) is 11.6 Å². The number of sulfonamides is 1. The Balaban J connectivity index is 2.03. The molecule has 21 heavy (non-hydrogen) atoms. The summed E-state index contributed by atoms with van der Waals surface area (Å²) in [4.78, 5) is 0. The van der Waals surface area contributed by atoms with Gasteiger partial charge in [-0.1, -0.05) is 11.6 Å². The van der Waals surface area contributed by atoms with Crippen LogP contribution >= 0.6 is 11.6 Å². The predicted molar refractivity (Wildman–Crippen MR) is 87.4 cm³/mol. The first kappa shape index (κ1) is 15.7. The van der Waals surface area contributed by atoms with Crippen LogP contribution in [0.15, 0.2) is 36.7 Å². The Bertz CT molecular complexity index is 726. The minimum absolute atomic E-state index is 0.358. The third kappa shape index (κ3) is 4.68. The molecule has 0 unspecified atom stereocenters. The molecule has 7 heteroatoms. The zero-order valence-corrected chi connectivity index (χ0v) is 13.5. The second kappa shape index (κ2) is 6.41. The molecule has 0 aliphatic carbocycles. The first-order chi connectivity index (χ1) is 9.87. The summed E-state index contributed by atoms with van der Waals surface area (Å²) < 4.78 is 26.9. The van der Waals surface area contributed by atoms with Crippen molar-refractivity contribution < 1.29 is 8.42 Å². The molecule has 0 atom stereocenters. The highest BCUT2D eigenvalue weighted by atomic mass is 35.5. The van der Waals surface area contributed by atoms with Gasteiger partial charge in [0, 0.05) is 31.2 Å². The van der Waals surface area contributed by atoms with Crippen molar-refractivity contribution in [1.29, 1.82) is 0 Å². The summed E-state index contributed by atoms with van der Waals surface area (Å²) in [7, 11) is -3.33. The fourth-order valence-electron chi connectivity index (χ4n) is 1.90. The number of anilines is 2. The molecule has 0 bridgehead atoms. The second-order valence-electron chi connectivity index (χ2n) is 4.77. The van der Waals surface area contributed by atoms with Crippen LogP contribution in [0.3, 0.4) is 0 Å². The van der Waals surface area contributed by atoms with Gasteiger partial charge < -0.3 is 9.88 Å². The van der Waals surface area contributed by atoms with Crippen LogP contribution in [-0.2, 0) is 23.1 Å². The number of aryl methyl sites for hydroxylation is 1. The predicted octanol–water partition coefficient (Wildman–Crippen LogP) is 3.15. The minimum atomic E-state index is -3.33. The van der Waals surface area contributed by atoms with Gasteiger partial charge in [0.15, 0.2) is 0 Å². The van der Waals surface area contributed by atoms with Gasteiger partial charge in [-0.15, -0.1) is 0 Å². The molecule has 0 radical (unpaired) electrons. The third-order valence-electron chi connectivity index (χ3n) is 2.94. The summed E-state index contributed by atoms with van der Waals surface area (Å²) in [6, 6.07) is 7.18. The lowest BCUT2D eigenvalue weighted by molar-refractivity contribution is 0.607. The van der Waals surface area contributed by atoms with Crippen molar-refractivity contribution in [3.05, 3.63) is 47.2 Å². The summed E-state index contributed by atoms with van der Waals surface area (Å²) in [6.07, 6.45) is 5.20. The van der Waals surface area contributed by atoms with E-state index in [1.54, 1.807) is 18.2 Å². The third-order valence-corrected chi connectivity index (χ3v) is 3.84. The maximum Gasteiger partial charge on any atom is 0.229 e. The summed E-state index contributed by atoms with van der Waals surface area (Å²) >= 11 is 6.07. The number of halogens is 1. The lowest BCUT2D eigenvalue weighted by atomic mass is 10.2. The number of aromatic nitrogens is 1. The van der Waals surface area contributed by atoms with Gasteiger partial charge in [-0.3, -0.25) is 4.72 Å². The second-order valence-corrected chi connectivity index (χ2v) is 6.93. The van der Waals surface area contributed by atoms with Gasteiger partial charge in [-0.25, -0.2) is 8.42 Å².